The standard InChI is InChI=1S/C13H14BrN3OS/c1-17(8-9-6-7-12(14)19-9)11-5-3-2-4-10(11)13(15)16-18/h2-7,18H,8H2,1H3,(H2,15,16). The summed E-state index contributed by atoms with van der Waals surface area (Å²) in [6.07, 6.45) is 0. The van der Waals surface area contributed by atoms with E-state index < -0.39 is 0 Å². The van der Waals surface area contributed by atoms with E-state index in [9.17, 15) is 0 Å². The molecule has 6 heteroatoms. The summed E-state index contributed by atoms with van der Waals surface area (Å²) < 4.78 is 1.11. The van der Waals surface area contributed by atoms with Gasteiger partial charge in [0, 0.05) is 23.2 Å². The van der Waals surface area contributed by atoms with Gasteiger partial charge in [0.05, 0.1) is 10.3 Å². The Labute approximate surface area is 124 Å². The van der Waals surface area contributed by atoms with E-state index in [0.717, 1.165) is 21.6 Å². The number of hydrogen-bond acceptors (Lipinski definition) is 4. The second-order valence-electron chi connectivity index (χ2n) is 4.06. The fraction of sp³-hybridized carbons (Fsp3) is 0.154. The van der Waals surface area contributed by atoms with E-state index in [0.29, 0.717) is 0 Å². The van der Waals surface area contributed by atoms with E-state index in [1.54, 1.807) is 11.3 Å². The van der Waals surface area contributed by atoms with Crippen molar-refractivity contribution in [1.29, 1.82) is 0 Å². The molecular formula is C13H14BrN3OS. The number of halogens is 1. The summed E-state index contributed by atoms with van der Waals surface area (Å²) in [4.78, 5) is 3.31. The quantitative estimate of drug-likeness (QED) is 0.389. The highest BCUT2D eigenvalue weighted by molar-refractivity contribution is 9.11. The van der Waals surface area contributed by atoms with Gasteiger partial charge < -0.3 is 15.8 Å². The topological polar surface area (TPSA) is 61.8 Å². The minimum absolute atomic E-state index is 0.120. The number of oxime groups is 1. The van der Waals surface area contributed by atoms with Crippen LogP contribution in [0, 0.1) is 0 Å². The van der Waals surface area contributed by atoms with Gasteiger partial charge in [0.2, 0.25) is 0 Å². The minimum atomic E-state index is 0.120. The molecule has 0 bridgehead atoms. The van der Waals surface area contributed by atoms with Crippen molar-refractivity contribution < 1.29 is 5.21 Å². The van der Waals surface area contributed by atoms with Gasteiger partial charge in [-0.05, 0) is 40.2 Å². The number of para-hydroxylation sites is 1. The number of nitrogens with zero attached hydrogens (tertiary/aromatic N) is 2. The van der Waals surface area contributed by atoms with Crippen LogP contribution in [0.25, 0.3) is 0 Å². The van der Waals surface area contributed by atoms with Gasteiger partial charge in [-0.2, -0.15) is 0 Å². The fourth-order valence-electron chi connectivity index (χ4n) is 1.83. The fourth-order valence-corrected chi connectivity index (χ4v) is 3.37. The summed E-state index contributed by atoms with van der Waals surface area (Å²) >= 11 is 5.15. The van der Waals surface area contributed by atoms with Crippen molar-refractivity contribution in [2.75, 3.05) is 11.9 Å². The van der Waals surface area contributed by atoms with Crippen molar-refractivity contribution in [1.82, 2.24) is 0 Å². The molecule has 0 saturated carbocycles. The van der Waals surface area contributed by atoms with Crippen molar-refractivity contribution >= 4 is 38.8 Å². The van der Waals surface area contributed by atoms with Crippen LogP contribution in [-0.2, 0) is 6.54 Å². The van der Waals surface area contributed by atoms with Crippen molar-refractivity contribution in [3.8, 4) is 0 Å². The minimum Gasteiger partial charge on any atom is -0.409 e. The van der Waals surface area contributed by atoms with Gasteiger partial charge in [0.1, 0.15) is 0 Å². The third-order valence-corrected chi connectivity index (χ3v) is 4.33. The molecule has 19 heavy (non-hydrogen) atoms. The monoisotopic (exact) mass is 339 g/mol. The average molecular weight is 340 g/mol. The number of nitrogens with two attached hydrogens (primary N) is 1. The van der Waals surface area contributed by atoms with E-state index in [1.165, 1.54) is 4.88 Å². The molecule has 100 valence electrons. The molecule has 4 nitrogen and oxygen atoms in total. The number of amidine groups is 1. The maximum Gasteiger partial charge on any atom is 0.172 e. The highest BCUT2D eigenvalue weighted by Crippen LogP contribution is 2.26. The largest absolute Gasteiger partial charge is 0.409 e. The Kier molecular flexibility index (Phi) is 4.44. The van der Waals surface area contributed by atoms with Crippen molar-refractivity contribution in [2.24, 2.45) is 10.9 Å². The normalized spacial score (nSPS) is 11.6. The molecular weight excluding hydrogens is 326 g/mol. The van der Waals surface area contributed by atoms with Crippen LogP contribution in [0.1, 0.15) is 10.4 Å². The van der Waals surface area contributed by atoms with E-state index in [2.05, 4.69) is 32.1 Å². The van der Waals surface area contributed by atoms with Crippen LogP contribution in [0.2, 0.25) is 0 Å². The van der Waals surface area contributed by atoms with E-state index in [-0.39, 0.29) is 5.84 Å². The first kappa shape index (κ1) is 13.9. The first-order valence-corrected chi connectivity index (χ1v) is 7.25. The van der Waals surface area contributed by atoms with Crippen molar-refractivity contribution in [3.05, 3.63) is 50.6 Å². The van der Waals surface area contributed by atoms with Crippen LogP contribution in [0.5, 0.6) is 0 Å². The molecule has 1 aromatic carbocycles. The van der Waals surface area contributed by atoms with Crippen LogP contribution < -0.4 is 10.6 Å². The van der Waals surface area contributed by atoms with Gasteiger partial charge in [-0.25, -0.2) is 0 Å². The molecule has 2 aromatic rings. The third kappa shape index (κ3) is 3.27. The maximum atomic E-state index is 8.83. The molecule has 0 atom stereocenters. The van der Waals surface area contributed by atoms with Crippen molar-refractivity contribution in [2.45, 2.75) is 6.54 Å². The zero-order chi connectivity index (χ0) is 13.8. The number of thiophene rings is 1. The Bertz CT molecular complexity index is 597. The summed E-state index contributed by atoms with van der Waals surface area (Å²) in [5.74, 6) is 0.120. The van der Waals surface area contributed by atoms with Gasteiger partial charge >= 0.3 is 0 Å². The molecule has 2 rings (SSSR count). The molecule has 0 aliphatic carbocycles. The average Bonchev–Trinajstić information content (AvgIpc) is 2.83. The summed E-state index contributed by atoms with van der Waals surface area (Å²) in [7, 11) is 1.98. The van der Waals surface area contributed by atoms with E-state index in [4.69, 9.17) is 10.9 Å². The number of anilines is 1. The SMILES string of the molecule is CN(Cc1ccc(Br)s1)c1ccccc1C(N)=NO. The number of rotatable bonds is 4. The molecule has 0 radical (unpaired) electrons. The Balaban J connectivity index is 2.26. The smallest absolute Gasteiger partial charge is 0.172 e. The highest BCUT2D eigenvalue weighted by Gasteiger charge is 2.11. The lowest BCUT2D eigenvalue weighted by molar-refractivity contribution is 0.318. The van der Waals surface area contributed by atoms with Crippen LogP contribution in [0.3, 0.4) is 0 Å². The van der Waals surface area contributed by atoms with Gasteiger partial charge in [-0.15, -0.1) is 11.3 Å². The highest BCUT2D eigenvalue weighted by atomic mass is 79.9. The first-order valence-electron chi connectivity index (χ1n) is 5.64. The molecule has 1 heterocycles. The molecule has 0 saturated heterocycles. The Morgan fingerprint density at radius 1 is 1.37 bits per heavy atom. The maximum absolute atomic E-state index is 8.83. The Morgan fingerprint density at radius 2 is 2.11 bits per heavy atom. The van der Waals surface area contributed by atoms with Gasteiger partial charge in [-0.1, -0.05) is 17.3 Å². The third-order valence-electron chi connectivity index (χ3n) is 2.72. The summed E-state index contributed by atoms with van der Waals surface area (Å²) in [6.45, 7) is 0.770. The molecule has 1 aromatic heterocycles. The van der Waals surface area contributed by atoms with Crippen LogP contribution in [0.4, 0.5) is 5.69 Å². The summed E-state index contributed by atoms with van der Waals surface area (Å²) in [6, 6.07) is 11.7. The lowest BCUT2D eigenvalue weighted by Gasteiger charge is -2.21. The second-order valence-corrected chi connectivity index (χ2v) is 6.61. The predicted molar refractivity (Wildman–Crippen MR) is 83.1 cm³/mol. The molecule has 0 aliphatic rings. The number of benzene rings is 1. The van der Waals surface area contributed by atoms with Crippen molar-refractivity contribution in [3.63, 3.8) is 0 Å². The molecule has 0 aliphatic heterocycles. The molecule has 0 amide bonds. The summed E-state index contributed by atoms with van der Waals surface area (Å²) in [5, 5.41) is 11.9. The van der Waals surface area contributed by atoms with Gasteiger partial charge in [-0.3, -0.25) is 0 Å². The molecule has 3 N–H and O–H groups in total. The van der Waals surface area contributed by atoms with Crippen LogP contribution in [-0.4, -0.2) is 18.1 Å². The second kappa shape index (κ2) is 6.08. The van der Waals surface area contributed by atoms with Crippen LogP contribution >= 0.6 is 27.3 Å². The first-order chi connectivity index (χ1) is 9.11. The molecule has 0 spiro atoms. The number of hydrogen-bond donors (Lipinski definition) is 2. The molecule has 0 unspecified atom stereocenters. The molecule has 0 fully saturated rings. The van der Waals surface area contributed by atoms with Crippen LogP contribution in [0.15, 0.2) is 45.3 Å². The zero-order valence-electron chi connectivity index (χ0n) is 10.4. The zero-order valence-corrected chi connectivity index (χ0v) is 12.8. The van der Waals surface area contributed by atoms with Gasteiger partial charge in [0.15, 0.2) is 5.84 Å². The van der Waals surface area contributed by atoms with E-state index >= 15 is 0 Å². The van der Waals surface area contributed by atoms with Gasteiger partial charge in [0.25, 0.3) is 0 Å². The Hall–Kier alpha value is -1.53. The van der Waals surface area contributed by atoms with E-state index in [1.807, 2.05) is 37.4 Å². The lowest BCUT2D eigenvalue weighted by atomic mass is 10.1. The lowest BCUT2D eigenvalue weighted by Crippen LogP contribution is -2.22. The Morgan fingerprint density at radius 3 is 2.74 bits per heavy atom. The summed E-state index contributed by atoms with van der Waals surface area (Å²) in [5.41, 5.74) is 7.36. The predicted octanol–water partition coefficient (Wildman–Crippen LogP) is 3.24.